The maximum Gasteiger partial charge on any atom is 0.407 e. The Labute approximate surface area is 90.4 Å². The lowest BCUT2D eigenvalue weighted by Crippen LogP contribution is -2.39. The molecule has 0 atom stereocenters. The SMILES string of the molecule is C1CCNCC1.O=C(O)N1CCOCC1. The molecule has 2 aliphatic heterocycles. The second-order valence-electron chi connectivity index (χ2n) is 3.69. The standard InChI is InChI=1S/C5H9NO3.C5H11N/c7-5(8)6-1-3-9-4-2-6;1-2-4-6-5-3-1/h1-4H2,(H,7,8);6H,1-5H2. The minimum atomic E-state index is -0.849. The molecule has 0 aromatic heterocycles. The summed E-state index contributed by atoms with van der Waals surface area (Å²) < 4.78 is 4.94. The number of morpholine rings is 1. The molecule has 1 amide bonds. The molecule has 0 spiro atoms. The van der Waals surface area contributed by atoms with E-state index in [2.05, 4.69) is 5.32 Å². The van der Waals surface area contributed by atoms with Gasteiger partial charge in [0.2, 0.25) is 0 Å². The van der Waals surface area contributed by atoms with Crippen LogP contribution in [0.25, 0.3) is 0 Å². The van der Waals surface area contributed by atoms with Gasteiger partial charge in [0.15, 0.2) is 0 Å². The summed E-state index contributed by atoms with van der Waals surface area (Å²) in [7, 11) is 0. The highest BCUT2D eigenvalue weighted by molar-refractivity contribution is 5.64. The minimum absolute atomic E-state index is 0.509. The molecule has 5 nitrogen and oxygen atoms in total. The third-order valence-corrected chi connectivity index (χ3v) is 2.49. The Balaban J connectivity index is 0.000000162. The zero-order valence-electron chi connectivity index (χ0n) is 9.07. The van der Waals surface area contributed by atoms with Crippen LogP contribution >= 0.6 is 0 Å². The second kappa shape index (κ2) is 7.48. The first-order valence-corrected chi connectivity index (χ1v) is 5.57. The third-order valence-electron chi connectivity index (χ3n) is 2.49. The number of nitrogens with one attached hydrogen (secondary N) is 1. The predicted molar refractivity (Wildman–Crippen MR) is 57.1 cm³/mol. The first-order chi connectivity index (χ1) is 7.30. The highest BCUT2D eigenvalue weighted by atomic mass is 16.5. The molecule has 0 radical (unpaired) electrons. The Hall–Kier alpha value is -0.810. The summed E-state index contributed by atoms with van der Waals surface area (Å²) in [4.78, 5) is 11.6. The van der Waals surface area contributed by atoms with Gasteiger partial charge in [-0.15, -0.1) is 0 Å². The van der Waals surface area contributed by atoms with Gasteiger partial charge in [-0.25, -0.2) is 4.79 Å². The Morgan fingerprint density at radius 3 is 2.00 bits per heavy atom. The number of piperidine rings is 1. The molecule has 2 rings (SSSR count). The second-order valence-corrected chi connectivity index (χ2v) is 3.69. The van der Waals surface area contributed by atoms with Crippen LogP contribution in [0.15, 0.2) is 0 Å². The summed E-state index contributed by atoms with van der Waals surface area (Å²) in [5.74, 6) is 0. The molecule has 5 heteroatoms. The first-order valence-electron chi connectivity index (χ1n) is 5.57. The number of hydrogen-bond acceptors (Lipinski definition) is 3. The Bertz CT molecular complexity index is 166. The van der Waals surface area contributed by atoms with Crippen molar-refractivity contribution in [1.82, 2.24) is 10.2 Å². The van der Waals surface area contributed by atoms with Crippen molar-refractivity contribution in [3.8, 4) is 0 Å². The highest BCUT2D eigenvalue weighted by Gasteiger charge is 2.14. The maximum atomic E-state index is 10.2. The number of hydrogen-bond donors (Lipinski definition) is 2. The smallest absolute Gasteiger partial charge is 0.407 e. The molecule has 2 fully saturated rings. The summed E-state index contributed by atoms with van der Waals surface area (Å²) in [6.07, 6.45) is 3.37. The molecule has 0 unspecified atom stereocenters. The van der Waals surface area contributed by atoms with Gasteiger partial charge in [-0.2, -0.15) is 0 Å². The lowest BCUT2D eigenvalue weighted by Gasteiger charge is -2.23. The Morgan fingerprint density at radius 2 is 1.73 bits per heavy atom. The van der Waals surface area contributed by atoms with Gasteiger partial charge in [0, 0.05) is 13.1 Å². The van der Waals surface area contributed by atoms with Crippen LogP contribution in [-0.2, 0) is 4.74 Å². The van der Waals surface area contributed by atoms with E-state index in [1.54, 1.807) is 0 Å². The van der Waals surface area contributed by atoms with Crippen LogP contribution in [0.1, 0.15) is 19.3 Å². The van der Waals surface area contributed by atoms with Crippen molar-refractivity contribution in [3.05, 3.63) is 0 Å². The monoisotopic (exact) mass is 216 g/mol. The van der Waals surface area contributed by atoms with Crippen LogP contribution in [0.5, 0.6) is 0 Å². The summed E-state index contributed by atoms with van der Waals surface area (Å²) in [6, 6.07) is 0. The van der Waals surface area contributed by atoms with E-state index < -0.39 is 6.09 Å². The summed E-state index contributed by atoms with van der Waals surface area (Å²) in [6.45, 7) is 4.59. The fraction of sp³-hybridized carbons (Fsp3) is 0.900. The third kappa shape index (κ3) is 5.59. The van der Waals surface area contributed by atoms with Gasteiger partial charge in [-0.05, 0) is 25.9 Å². The molecule has 15 heavy (non-hydrogen) atoms. The quantitative estimate of drug-likeness (QED) is 0.627. The summed E-state index contributed by atoms with van der Waals surface area (Å²) >= 11 is 0. The van der Waals surface area contributed by atoms with Crippen molar-refractivity contribution < 1.29 is 14.6 Å². The molecule has 88 valence electrons. The summed E-state index contributed by atoms with van der Waals surface area (Å²) in [5, 5.41) is 11.7. The van der Waals surface area contributed by atoms with E-state index in [0.717, 1.165) is 0 Å². The molecule has 0 aliphatic carbocycles. The van der Waals surface area contributed by atoms with Crippen molar-refractivity contribution in [2.24, 2.45) is 0 Å². The van der Waals surface area contributed by atoms with Crippen LogP contribution < -0.4 is 5.32 Å². The van der Waals surface area contributed by atoms with Crippen molar-refractivity contribution in [2.45, 2.75) is 19.3 Å². The van der Waals surface area contributed by atoms with Gasteiger partial charge in [-0.3, -0.25) is 0 Å². The minimum Gasteiger partial charge on any atom is -0.465 e. The van der Waals surface area contributed by atoms with Gasteiger partial charge in [0.1, 0.15) is 0 Å². The van der Waals surface area contributed by atoms with Crippen molar-refractivity contribution >= 4 is 6.09 Å². The van der Waals surface area contributed by atoms with Crippen LogP contribution in [0.3, 0.4) is 0 Å². The average molecular weight is 216 g/mol. The zero-order valence-corrected chi connectivity index (χ0v) is 9.07. The number of carboxylic acid groups (broad SMARTS) is 1. The van der Waals surface area contributed by atoms with Crippen LogP contribution in [0, 0.1) is 0 Å². The topological polar surface area (TPSA) is 61.8 Å². The van der Waals surface area contributed by atoms with E-state index in [1.165, 1.54) is 37.3 Å². The van der Waals surface area contributed by atoms with E-state index in [1.807, 2.05) is 0 Å². The van der Waals surface area contributed by atoms with Gasteiger partial charge in [0.25, 0.3) is 0 Å². The van der Waals surface area contributed by atoms with E-state index in [9.17, 15) is 4.79 Å². The number of ether oxygens (including phenoxy) is 1. The molecule has 0 bridgehead atoms. The van der Waals surface area contributed by atoms with Gasteiger partial charge in [-0.1, -0.05) is 6.42 Å². The zero-order chi connectivity index (χ0) is 10.9. The van der Waals surface area contributed by atoms with Crippen LogP contribution in [0.4, 0.5) is 4.79 Å². The van der Waals surface area contributed by atoms with Crippen molar-refractivity contribution in [3.63, 3.8) is 0 Å². The Morgan fingerprint density at radius 1 is 1.13 bits per heavy atom. The lowest BCUT2D eigenvalue weighted by atomic mass is 10.2. The van der Waals surface area contributed by atoms with Gasteiger partial charge in [0.05, 0.1) is 13.2 Å². The molecule has 0 aromatic carbocycles. The predicted octanol–water partition coefficient (Wildman–Crippen LogP) is 0.756. The van der Waals surface area contributed by atoms with Crippen LogP contribution in [-0.4, -0.2) is 55.5 Å². The fourth-order valence-electron chi connectivity index (χ4n) is 1.56. The highest BCUT2D eigenvalue weighted by Crippen LogP contribution is 1.96. The molecular formula is C10H20N2O3. The molecule has 0 aromatic rings. The maximum absolute atomic E-state index is 10.2. The molecule has 2 aliphatic rings. The van der Waals surface area contributed by atoms with E-state index in [-0.39, 0.29) is 0 Å². The van der Waals surface area contributed by atoms with Gasteiger partial charge < -0.3 is 20.1 Å². The molecular weight excluding hydrogens is 196 g/mol. The van der Waals surface area contributed by atoms with E-state index in [4.69, 9.17) is 9.84 Å². The number of rotatable bonds is 0. The number of amides is 1. The van der Waals surface area contributed by atoms with E-state index in [0.29, 0.717) is 26.3 Å². The van der Waals surface area contributed by atoms with Gasteiger partial charge >= 0.3 is 6.09 Å². The molecule has 2 heterocycles. The summed E-state index contributed by atoms with van der Waals surface area (Å²) in [5.41, 5.74) is 0. The average Bonchev–Trinajstić information content (AvgIpc) is 2.33. The molecule has 0 saturated carbocycles. The Kier molecular flexibility index (Phi) is 6.11. The largest absolute Gasteiger partial charge is 0.465 e. The van der Waals surface area contributed by atoms with Crippen molar-refractivity contribution in [1.29, 1.82) is 0 Å². The molecule has 2 saturated heterocycles. The van der Waals surface area contributed by atoms with Crippen LogP contribution in [0.2, 0.25) is 0 Å². The number of nitrogens with zero attached hydrogens (tertiary/aromatic N) is 1. The first kappa shape index (κ1) is 12.3. The number of carbonyl (C=O) groups is 1. The lowest BCUT2D eigenvalue weighted by molar-refractivity contribution is 0.0392. The van der Waals surface area contributed by atoms with Crippen molar-refractivity contribution in [2.75, 3.05) is 39.4 Å². The normalized spacial score (nSPS) is 21.5. The molecule has 2 N–H and O–H groups in total. The van der Waals surface area contributed by atoms with E-state index >= 15 is 0 Å². The fourth-order valence-corrected chi connectivity index (χ4v) is 1.56.